The number of nitriles is 1. The van der Waals surface area contributed by atoms with Crippen molar-refractivity contribution in [2.24, 2.45) is 0 Å². The van der Waals surface area contributed by atoms with Crippen LogP contribution in [0.2, 0.25) is 0 Å². The average Bonchev–Trinajstić information content (AvgIpc) is 3.27. The summed E-state index contributed by atoms with van der Waals surface area (Å²) in [6.07, 6.45) is 3.72. The zero-order valence-corrected chi connectivity index (χ0v) is 20.7. The third-order valence-corrected chi connectivity index (χ3v) is 7.71. The predicted octanol–water partition coefficient (Wildman–Crippen LogP) is 8.16. The second-order valence-electron chi connectivity index (χ2n) is 10.1. The largest absolute Gasteiger partial charge is 0.310 e. The van der Waals surface area contributed by atoms with Gasteiger partial charge in [-0.05, 0) is 53.6 Å². The average molecular weight is 477 g/mol. The Morgan fingerprint density at radius 3 is 2.08 bits per heavy atom. The lowest BCUT2D eigenvalue weighted by molar-refractivity contribution is 0.632. The molecule has 0 unspecified atom stereocenters. The van der Waals surface area contributed by atoms with Crippen LogP contribution < -0.4 is 4.90 Å². The van der Waals surface area contributed by atoms with E-state index in [4.69, 9.17) is 0 Å². The molecule has 0 radical (unpaired) electrons. The minimum Gasteiger partial charge on any atom is -0.310 e. The van der Waals surface area contributed by atoms with Gasteiger partial charge in [-0.1, -0.05) is 68.4 Å². The molecule has 0 fully saturated rings. The maximum atomic E-state index is 10.2. The fraction of sp³-hybridized carbons (Fsp3) is 0.0909. The van der Waals surface area contributed by atoms with Crippen LogP contribution in [0.5, 0.6) is 0 Å². The van der Waals surface area contributed by atoms with Gasteiger partial charge in [0.25, 0.3) is 0 Å². The summed E-state index contributed by atoms with van der Waals surface area (Å²) in [5.41, 5.74) is 9.35. The van der Waals surface area contributed by atoms with Crippen LogP contribution >= 0.6 is 0 Å². The summed E-state index contributed by atoms with van der Waals surface area (Å²) in [6, 6.07) is 36.2. The van der Waals surface area contributed by atoms with E-state index in [1.807, 2.05) is 36.7 Å². The predicted molar refractivity (Wildman–Crippen MR) is 150 cm³/mol. The third kappa shape index (κ3) is 2.98. The Kier molecular flexibility index (Phi) is 4.52. The molecule has 0 amide bonds. The summed E-state index contributed by atoms with van der Waals surface area (Å²) >= 11 is 0. The van der Waals surface area contributed by atoms with Gasteiger partial charge in [-0.3, -0.25) is 4.98 Å². The van der Waals surface area contributed by atoms with Gasteiger partial charge in [0.2, 0.25) is 0 Å². The monoisotopic (exact) mass is 476 g/mol. The molecule has 0 atom stereocenters. The van der Waals surface area contributed by atoms with Gasteiger partial charge < -0.3 is 9.47 Å². The molecular weight excluding hydrogens is 452 g/mol. The fourth-order valence-electron chi connectivity index (χ4n) is 5.96. The van der Waals surface area contributed by atoms with Crippen molar-refractivity contribution < 1.29 is 0 Å². The molecule has 0 aliphatic carbocycles. The maximum Gasteiger partial charge on any atom is 0.101 e. The number of benzene rings is 4. The lowest BCUT2D eigenvalue weighted by Gasteiger charge is -2.42. The highest BCUT2D eigenvalue weighted by Crippen LogP contribution is 2.52. The van der Waals surface area contributed by atoms with Crippen molar-refractivity contribution in [2.45, 2.75) is 19.3 Å². The van der Waals surface area contributed by atoms with Gasteiger partial charge in [0, 0.05) is 34.3 Å². The van der Waals surface area contributed by atoms with Crippen LogP contribution in [0.15, 0.2) is 109 Å². The zero-order valence-electron chi connectivity index (χ0n) is 20.7. The van der Waals surface area contributed by atoms with Gasteiger partial charge >= 0.3 is 0 Å². The summed E-state index contributed by atoms with van der Waals surface area (Å²) in [5.74, 6) is 0. The van der Waals surface area contributed by atoms with Crippen molar-refractivity contribution in [1.82, 2.24) is 9.55 Å². The summed E-state index contributed by atoms with van der Waals surface area (Å²) in [4.78, 5) is 6.71. The number of aromatic nitrogens is 2. The third-order valence-electron chi connectivity index (χ3n) is 7.71. The van der Waals surface area contributed by atoms with E-state index >= 15 is 0 Å². The number of anilines is 3. The van der Waals surface area contributed by atoms with Gasteiger partial charge in [-0.2, -0.15) is 5.26 Å². The second kappa shape index (κ2) is 7.81. The molecule has 4 nitrogen and oxygen atoms in total. The minimum absolute atomic E-state index is 0.126. The number of nitrogens with zero attached hydrogens (tertiary/aromatic N) is 4. The Morgan fingerprint density at radius 1 is 0.703 bits per heavy atom. The van der Waals surface area contributed by atoms with Crippen molar-refractivity contribution in [2.75, 3.05) is 4.90 Å². The Balaban J connectivity index is 1.54. The number of hydrogen-bond acceptors (Lipinski definition) is 3. The van der Waals surface area contributed by atoms with E-state index < -0.39 is 0 Å². The summed E-state index contributed by atoms with van der Waals surface area (Å²) in [7, 11) is 0. The number of pyridine rings is 1. The van der Waals surface area contributed by atoms with Crippen molar-refractivity contribution in [3.05, 3.63) is 126 Å². The normalized spacial score (nSPS) is 13.8. The topological polar surface area (TPSA) is 44.9 Å². The molecule has 7 rings (SSSR count). The molecule has 0 spiro atoms. The van der Waals surface area contributed by atoms with Crippen LogP contribution in [-0.2, 0) is 5.41 Å². The second-order valence-corrected chi connectivity index (χ2v) is 10.1. The van der Waals surface area contributed by atoms with E-state index in [-0.39, 0.29) is 5.41 Å². The fourth-order valence-corrected chi connectivity index (χ4v) is 5.96. The lowest BCUT2D eigenvalue weighted by atomic mass is 9.73. The van der Waals surface area contributed by atoms with Crippen LogP contribution in [0.25, 0.3) is 27.5 Å². The first-order valence-electron chi connectivity index (χ1n) is 12.5. The molecule has 4 heteroatoms. The molecule has 176 valence electrons. The highest BCUT2D eigenvalue weighted by atomic mass is 15.2. The first kappa shape index (κ1) is 21.4. The summed E-state index contributed by atoms with van der Waals surface area (Å²) in [5, 5.41) is 12.4. The van der Waals surface area contributed by atoms with Crippen molar-refractivity contribution >= 4 is 38.9 Å². The molecule has 0 N–H and O–H groups in total. The maximum absolute atomic E-state index is 10.2. The summed E-state index contributed by atoms with van der Waals surface area (Å²) < 4.78 is 2.19. The van der Waals surface area contributed by atoms with Crippen LogP contribution in [0.3, 0.4) is 0 Å². The molecule has 0 saturated heterocycles. The Bertz CT molecular complexity index is 1780. The van der Waals surface area contributed by atoms with Crippen LogP contribution in [-0.4, -0.2) is 9.55 Å². The van der Waals surface area contributed by atoms with Gasteiger partial charge in [0.1, 0.15) is 6.07 Å². The van der Waals surface area contributed by atoms with E-state index in [9.17, 15) is 5.26 Å². The van der Waals surface area contributed by atoms with E-state index in [0.717, 1.165) is 44.6 Å². The number of rotatable bonds is 2. The molecule has 1 aliphatic heterocycles. The van der Waals surface area contributed by atoms with Crippen LogP contribution in [0.4, 0.5) is 17.1 Å². The SMILES string of the molecule is CC1(C)c2ccccc2N(c2ccc(C#N)c(-n3c4ccccc4c4cnccc43)c2)c2ccccc21. The van der Waals surface area contributed by atoms with E-state index in [2.05, 4.69) is 107 Å². The first-order valence-corrected chi connectivity index (χ1v) is 12.5. The Hall–Kier alpha value is -4.88. The quantitative estimate of drug-likeness (QED) is 0.253. The first-order chi connectivity index (χ1) is 18.1. The standard InChI is InChI=1S/C33H24N4/c1-33(2)26-10-4-7-13-30(26)36(31-14-8-5-11-27(31)33)23-16-15-22(20-34)32(19-23)37-28-12-6-3-9-24(28)25-21-35-18-17-29(25)37/h3-19,21H,1-2H3. The zero-order chi connectivity index (χ0) is 25.1. The minimum atomic E-state index is -0.126. The molecule has 0 bridgehead atoms. The van der Waals surface area contributed by atoms with E-state index in [1.54, 1.807) is 0 Å². The Morgan fingerprint density at radius 2 is 1.35 bits per heavy atom. The molecule has 37 heavy (non-hydrogen) atoms. The number of fused-ring (bicyclic) bond motifs is 5. The van der Waals surface area contributed by atoms with E-state index in [1.165, 1.54) is 11.1 Å². The van der Waals surface area contributed by atoms with Gasteiger partial charge in [0.15, 0.2) is 0 Å². The molecule has 4 aromatic carbocycles. The lowest BCUT2D eigenvalue weighted by Crippen LogP contribution is -2.30. The van der Waals surface area contributed by atoms with Crippen molar-refractivity contribution in [3.8, 4) is 11.8 Å². The number of para-hydroxylation sites is 3. The summed E-state index contributed by atoms with van der Waals surface area (Å²) in [6.45, 7) is 4.58. The highest BCUT2D eigenvalue weighted by Gasteiger charge is 2.36. The van der Waals surface area contributed by atoms with Gasteiger partial charge in [-0.15, -0.1) is 0 Å². The van der Waals surface area contributed by atoms with Gasteiger partial charge in [0.05, 0.1) is 33.7 Å². The van der Waals surface area contributed by atoms with Crippen LogP contribution in [0, 0.1) is 11.3 Å². The van der Waals surface area contributed by atoms with E-state index in [0.29, 0.717) is 5.56 Å². The molecule has 1 aliphatic rings. The Labute approximate surface area is 215 Å². The molecular formula is C33H24N4. The molecule has 6 aromatic rings. The molecule has 0 saturated carbocycles. The van der Waals surface area contributed by atoms with Crippen molar-refractivity contribution in [1.29, 1.82) is 5.26 Å². The highest BCUT2D eigenvalue weighted by molar-refractivity contribution is 6.09. The molecule has 3 heterocycles. The molecule has 2 aromatic heterocycles. The smallest absolute Gasteiger partial charge is 0.101 e. The van der Waals surface area contributed by atoms with Gasteiger partial charge in [-0.25, -0.2) is 0 Å². The number of hydrogen-bond donors (Lipinski definition) is 0. The van der Waals surface area contributed by atoms with Crippen LogP contribution in [0.1, 0.15) is 30.5 Å². The van der Waals surface area contributed by atoms with Crippen molar-refractivity contribution in [3.63, 3.8) is 0 Å².